The molecular weight excluding hydrogens is 262 g/mol. The van der Waals surface area contributed by atoms with Gasteiger partial charge in [-0.15, -0.1) is 0 Å². The van der Waals surface area contributed by atoms with Crippen LogP contribution in [0.4, 0.5) is 10.5 Å². The molecular formula is C14H12ClN3O. The summed E-state index contributed by atoms with van der Waals surface area (Å²) in [5.74, 6) is 0. The van der Waals surface area contributed by atoms with Crippen molar-refractivity contribution < 1.29 is 4.79 Å². The van der Waals surface area contributed by atoms with E-state index in [1.807, 2.05) is 30.3 Å². The van der Waals surface area contributed by atoms with Gasteiger partial charge in [0.2, 0.25) is 0 Å². The molecule has 0 fully saturated rings. The van der Waals surface area contributed by atoms with E-state index in [1.165, 1.54) is 0 Å². The van der Waals surface area contributed by atoms with Gasteiger partial charge >= 0.3 is 6.03 Å². The Hall–Kier alpha value is -2.33. The van der Waals surface area contributed by atoms with Crippen molar-refractivity contribution in [3.05, 3.63) is 65.2 Å². The standard InChI is InChI=1S/C14H12ClN3O/c15-12-8-6-11(7-9-12)10-16-18-14(19)17-13-4-2-1-3-5-13/h1-10H,(H2,17,18,19). The van der Waals surface area contributed by atoms with Crippen molar-refractivity contribution in [2.24, 2.45) is 5.10 Å². The number of carbonyl (C=O) groups excluding carboxylic acids is 1. The van der Waals surface area contributed by atoms with E-state index in [-0.39, 0.29) is 0 Å². The molecule has 19 heavy (non-hydrogen) atoms. The second-order valence-electron chi connectivity index (χ2n) is 3.74. The number of hydrogen-bond donors (Lipinski definition) is 2. The summed E-state index contributed by atoms with van der Waals surface area (Å²) in [6.07, 6.45) is 1.54. The highest BCUT2D eigenvalue weighted by molar-refractivity contribution is 6.30. The molecule has 4 nitrogen and oxygen atoms in total. The van der Waals surface area contributed by atoms with Crippen LogP contribution in [-0.2, 0) is 0 Å². The van der Waals surface area contributed by atoms with Crippen LogP contribution in [0.3, 0.4) is 0 Å². The van der Waals surface area contributed by atoms with E-state index < -0.39 is 6.03 Å². The third kappa shape index (κ3) is 4.44. The first kappa shape index (κ1) is 13.1. The number of amides is 2. The summed E-state index contributed by atoms with van der Waals surface area (Å²) >= 11 is 5.76. The van der Waals surface area contributed by atoms with Crippen LogP contribution in [0, 0.1) is 0 Å². The molecule has 0 aromatic heterocycles. The number of hydrazone groups is 1. The third-order valence-electron chi connectivity index (χ3n) is 2.28. The van der Waals surface area contributed by atoms with E-state index in [4.69, 9.17) is 11.6 Å². The molecule has 2 amide bonds. The molecule has 2 N–H and O–H groups in total. The van der Waals surface area contributed by atoms with E-state index >= 15 is 0 Å². The fourth-order valence-corrected chi connectivity index (χ4v) is 1.52. The quantitative estimate of drug-likeness (QED) is 0.653. The molecule has 0 spiro atoms. The predicted molar refractivity (Wildman–Crippen MR) is 77.6 cm³/mol. The number of para-hydroxylation sites is 1. The molecule has 0 bridgehead atoms. The van der Waals surface area contributed by atoms with E-state index in [2.05, 4.69) is 15.8 Å². The average Bonchev–Trinajstić information content (AvgIpc) is 2.42. The van der Waals surface area contributed by atoms with Gasteiger partial charge in [0.25, 0.3) is 0 Å². The topological polar surface area (TPSA) is 53.5 Å². The second kappa shape index (κ2) is 6.56. The summed E-state index contributed by atoms with van der Waals surface area (Å²) in [5.41, 5.74) is 3.94. The number of rotatable bonds is 3. The molecule has 0 saturated heterocycles. The SMILES string of the molecule is O=C(NN=Cc1ccc(Cl)cc1)Nc1ccccc1. The lowest BCUT2D eigenvalue weighted by Crippen LogP contribution is -2.24. The van der Waals surface area contributed by atoms with Crippen molar-refractivity contribution in [2.75, 3.05) is 5.32 Å². The Morgan fingerprint density at radius 3 is 2.42 bits per heavy atom. The Kier molecular flexibility index (Phi) is 4.53. The fourth-order valence-electron chi connectivity index (χ4n) is 1.39. The van der Waals surface area contributed by atoms with Crippen molar-refractivity contribution in [3.8, 4) is 0 Å². The lowest BCUT2D eigenvalue weighted by atomic mass is 10.2. The zero-order valence-electron chi connectivity index (χ0n) is 10.0. The molecule has 0 aliphatic heterocycles. The number of anilines is 1. The van der Waals surface area contributed by atoms with E-state index in [9.17, 15) is 4.79 Å². The fraction of sp³-hybridized carbons (Fsp3) is 0. The third-order valence-corrected chi connectivity index (χ3v) is 2.53. The largest absolute Gasteiger partial charge is 0.339 e. The van der Waals surface area contributed by atoms with Crippen molar-refractivity contribution in [3.63, 3.8) is 0 Å². The molecule has 2 rings (SSSR count). The highest BCUT2D eigenvalue weighted by atomic mass is 35.5. The van der Waals surface area contributed by atoms with E-state index in [0.29, 0.717) is 10.7 Å². The van der Waals surface area contributed by atoms with E-state index in [1.54, 1.807) is 30.5 Å². The number of nitrogens with one attached hydrogen (secondary N) is 2. The highest BCUT2D eigenvalue weighted by Crippen LogP contribution is 2.07. The van der Waals surface area contributed by atoms with Gasteiger partial charge in [0.1, 0.15) is 0 Å². The number of benzene rings is 2. The van der Waals surface area contributed by atoms with Crippen LogP contribution < -0.4 is 10.7 Å². The average molecular weight is 274 g/mol. The van der Waals surface area contributed by atoms with Crippen molar-refractivity contribution in [1.29, 1.82) is 0 Å². The summed E-state index contributed by atoms with van der Waals surface area (Å²) in [4.78, 5) is 11.5. The van der Waals surface area contributed by atoms with Crippen LogP contribution in [0.25, 0.3) is 0 Å². The van der Waals surface area contributed by atoms with Gasteiger partial charge in [-0.25, -0.2) is 10.2 Å². The van der Waals surface area contributed by atoms with Crippen molar-refractivity contribution in [1.82, 2.24) is 5.43 Å². The van der Waals surface area contributed by atoms with Crippen molar-refractivity contribution >= 4 is 29.5 Å². The highest BCUT2D eigenvalue weighted by Gasteiger charge is 1.97. The maximum absolute atomic E-state index is 11.5. The zero-order valence-corrected chi connectivity index (χ0v) is 10.8. The van der Waals surface area contributed by atoms with Gasteiger partial charge in [0, 0.05) is 10.7 Å². The molecule has 0 aliphatic rings. The summed E-state index contributed by atoms with van der Waals surface area (Å²) in [6, 6.07) is 15.9. The molecule has 96 valence electrons. The van der Waals surface area contributed by atoms with Gasteiger partial charge in [-0.2, -0.15) is 5.10 Å². The normalized spacial score (nSPS) is 10.4. The van der Waals surface area contributed by atoms with E-state index in [0.717, 1.165) is 5.56 Å². The Balaban J connectivity index is 1.85. The van der Waals surface area contributed by atoms with Gasteiger partial charge in [0.05, 0.1) is 6.21 Å². The molecule has 2 aromatic rings. The molecule has 0 aliphatic carbocycles. The zero-order chi connectivity index (χ0) is 13.5. The van der Waals surface area contributed by atoms with Crippen LogP contribution in [-0.4, -0.2) is 12.2 Å². The predicted octanol–water partition coefficient (Wildman–Crippen LogP) is 3.50. The van der Waals surface area contributed by atoms with Gasteiger partial charge in [-0.1, -0.05) is 41.9 Å². The van der Waals surface area contributed by atoms with Crippen LogP contribution in [0.1, 0.15) is 5.56 Å². The smallest absolute Gasteiger partial charge is 0.307 e. The first-order valence-electron chi connectivity index (χ1n) is 5.65. The maximum Gasteiger partial charge on any atom is 0.339 e. The molecule has 5 heteroatoms. The van der Waals surface area contributed by atoms with Gasteiger partial charge < -0.3 is 5.32 Å². The van der Waals surface area contributed by atoms with Gasteiger partial charge in [0.15, 0.2) is 0 Å². The number of halogens is 1. The Morgan fingerprint density at radius 1 is 1.05 bits per heavy atom. The van der Waals surface area contributed by atoms with Gasteiger partial charge in [-0.3, -0.25) is 0 Å². The number of nitrogens with zero attached hydrogens (tertiary/aromatic N) is 1. The molecule has 0 saturated carbocycles. The monoisotopic (exact) mass is 273 g/mol. The molecule has 0 radical (unpaired) electrons. The number of carbonyl (C=O) groups is 1. The van der Waals surface area contributed by atoms with Crippen molar-refractivity contribution in [2.45, 2.75) is 0 Å². The number of urea groups is 1. The molecule has 2 aromatic carbocycles. The van der Waals surface area contributed by atoms with Gasteiger partial charge in [-0.05, 0) is 29.8 Å². The molecule has 0 atom stereocenters. The minimum absolute atomic E-state index is 0.392. The summed E-state index contributed by atoms with van der Waals surface area (Å²) in [7, 11) is 0. The first-order valence-corrected chi connectivity index (χ1v) is 6.02. The Labute approximate surface area is 116 Å². The van der Waals surface area contributed by atoms with Crippen LogP contribution >= 0.6 is 11.6 Å². The van der Waals surface area contributed by atoms with Crippen LogP contribution in [0.2, 0.25) is 5.02 Å². The minimum atomic E-state index is -0.392. The maximum atomic E-state index is 11.5. The molecule has 0 heterocycles. The van der Waals surface area contributed by atoms with Crippen LogP contribution in [0.5, 0.6) is 0 Å². The lowest BCUT2D eigenvalue weighted by Gasteiger charge is -2.03. The summed E-state index contributed by atoms with van der Waals surface area (Å²) in [5, 5.41) is 7.15. The summed E-state index contributed by atoms with van der Waals surface area (Å²) in [6.45, 7) is 0. The Morgan fingerprint density at radius 2 is 1.74 bits per heavy atom. The van der Waals surface area contributed by atoms with Crippen LogP contribution in [0.15, 0.2) is 59.7 Å². The lowest BCUT2D eigenvalue weighted by molar-refractivity contribution is 0.252. The molecule has 0 unspecified atom stereocenters. The Bertz CT molecular complexity index is 567. The minimum Gasteiger partial charge on any atom is -0.307 e. The number of hydrogen-bond acceptors (Lipinski definition) is 2. The first-order chi connectivity index (χ1) is 9.24. The summed E-state index contributed by atoms with van der Waals surface area (Å²) < 4.78 is 0. The second-order valence-corrected chi connectivity index (χ2v) is 4.18.